The zero-order chi connectivity index (χ0) is 16.1. The summed E-state index contributed by atoms with van der Waals surface area (Å²) in [6.45, 7) is 10.5. The predicted molar refractivity (Wildman–Crippen MR) is 83.3 cm³/mol. The number of nitrogens with one attached hydrogen (secondary N) is 2. The van der Waals surface area contributed by atoms with Crippen LogP contribution in [0.3, 0.4) is 0 Å². The van der Waals surface area contributed by atoms with Gasteiger partial charge in [-0.25, -0.2) is 4.79 Å². The number of carbonyl (C=O) groups is 1. The van der Waals surface area contributed by atoms with Crippen molar-refractivity contribution in [3.05, 3.63) is 29.8 Å². The van der Waals surface area contributed by atoms with E-state index in [2.05, 4.69) is 10.6 Å². The van der Waals surface area contributed by atoms with E-state index in [0.717, 1.165) is 5.56 Å². The lowest BCUT2D eigenvalue weighted by Gasteiger charge is -2.29. The molecule has 21 heavy (non-hydrogen) atoms. The number of phenols is 1. The Morgan fingerprint density at radius 2 is 1.90 bits per heavy atom. The van der Waals surface area contributed by atoms with Gasteiger partial charge in [-0.1, -0.05) is 12.1 Å². The zero-order valence-electron chi connectivity index (χ0n) is 13.5. The molecule has 1 rings (SSSR count). The second kappa shape index (κ2) is 6.80. The predicted octanol–water partition coefficient (Wildman–Crippen LogP) is 2.79. The first-order valence-corrected chi connectivity index (χ1v) is 7.07. The first-order chi connectivity index (χ1) is 9.57. The van der Waals surface area contributed by atoms with E-state index in [0.29, 0.717) is 13.1 Å². The molecule has 1 aromatic rings. The Kier molecular flexibility index (Phi) is 5.61. The first-order valence-electron chi connectivity index (χ1n) is 7.07. The van der Waals surface area contributed by atoms with E-state index in [1.807, 2.05) is 40.7 Å². The molecule has 0 saturated carbocycles. The van der Waals surface area contributed by atoms with Gasteiger partial charge in [-0.15, -0.1) is 0 Å². The third-order valence-electron chi connectivity index (χ3n) is 2.65. The number of amides is 1. The van der Waals surface area contributed by atoms with Gasteiger partial charge < -0.3 is 20.5 Å². The fourth-order valence-corrected chi connectivity index (χ4v) is 1.81. The molecule has 0 bridgehead atoms. The second-order valence-electron chi connectivity index (χ2n) is 6.78. The minimum absolute atomic E-state index is 0.250. The molecule has 1 aromatic carbocycles. The van der Waals surface area contributed by atoms with Crippen LogP contribution >= 0.6 is 0 Å². The van der Waals surface area contributed by atoms with E-state index in [1.165, 1.54) is 0 Å². The average molecular weight is 294 g/mol. The van der Waals surface area contributed by atoms with Gasteiger partial charge in [0.2, 0.25) is 0 Å². The fraction of sp³-hybridized carbons (Fsp3) is 0.562. The van der Waals surface area contributed by atoms with Crippen LogP contribution in [0.1, 0.15) is 40.2 Å². The topological polar surface area (TPSA) is 70.6 Å². The molecule has 0 radical (unpaired) electrons. The van der Waals surface area contributed by atoms with E-state index in [4.69, 9.17) is 4.74 Å². The van der Waals surface area contributed by atoms with Crippen molar-refractivity contribution in [3.63, 3.8) is 0 Å². The summed E-state index contributed by atoms with van der Waals surface area (Å²) in [5.41, 5.74) is 0.0528. The summed E-state index contributed by atoms with van der Waals surface area (Å²) in [6, 6.07) is 7.08. The maximum Gasteiger partial charge on any atom is 0.408 e. The molecule has 3 N–H and O–H groups in total. The van der Waals surface area contributed by atoms with Crippen LogP contribution < -0.4 is 10.6 Å². The number of benzene rings is 1. The smallest absolute Gasteiger partial charge is 0.408 e. The summed E-state index contributed by atoms with van der Waals surface area (Å²) < 4.78 is 5.24. The average Bonchev–Trinajstić information content (AvgIpc) is 2.24. The Hall–Kier alpha value is -1.75. The molecule has 1 amide bonds. The van der Waals surface area contributed by atoms with E-state index < -0.39 is 17.2 Å². The van der Waals surface area contributed by atoms with Crippen LogP contribution in [0.25, 0.3) is 0 Å². The standard InChI is InChI=1S/C16H26N2O3/c1-15(2,3)21-14(20)18-16(4,5)11-17-10-12-7-6-8-13(19)9-12/h6-9,17,19H,10-11H2,1-5H3,(H,18,20). The Bertz CT molecular complexity index is 479. The number of carbonyl (C=O) groups excluding carboxylic acids is 1. The van der Waals surface area contributed by atoms with Crippen molar-refractivity contribution >= 4 is 6.09 Å². The Labute approximate surface area is 126 Å². The summed E-state index contributed by atoms with van der Waals surface area (Å²) in [4.78, 5) is 11.8. The van der Waals surface area contributed by atoms with Gasteiger partial charge in [0.1, 0.15) is 11.4 Å². The number of rotatable bonds is 5. The molecule has 5 heteroatoms. The summed E-state index contributed by atoms with van der Waals surface area (Å²) >= 11 is 0. The van der Waals surface area contributed by atoms with Crippen LogP contribution in [-0.4, -0.2) is 28.9 Å². The minimum Gasteiger partial charge on any atom is -0.508 e. The van der Waals surface area contributed by atoms with Gasteiger partial charge in [0.05, 0.1) is 5.54 Å². The molecule has 0 unspecified atom stereocenters. The van der Waals surface area contributed by atoms with Crippen LogP contribution in [0, 0.1) is 0 Å². The molecule has 118 valence electrons. The fourth-order valence-electron chi connectivity index (χ4n) is 1.81. The minimum atomic E-state index is -0.505. The quantitative estimate of drug-likeness (QED) is 0.781. The lowest BCUT2D eigenvalue weighted by molar-refractivity contribution is 0.0472. The van der Waals surface area contributed by atoms with E-state index in [-0.39, 0.29) is 5.75 Å². The van der Waals surface area contributed by atoms with Crippen LogP contribution in [0.2, 0.25) is 0 Å². The normalized spacial score (nSPS) is 12.0. The molecule has 0 aliphatic rings. The van der Waals surface area contributed by atoms with Crippen molar-refractivity contribution in [1.29, 1.82) is 0 Å². The molecule has 0 spiro atoms. The summed E-state index contributed by atoms with van der Waals surface area (Å²) in [7, 11) is 0. The van der Waals surface area contributed by atoms with Crippen LogP contribution in [0.15, 0.2) is 24.3 Å². The van der Waals surface area contributed by atoms with Gasteiger partial charge in [0.15, 0.2) is 0 Å². The molecule has 5 nitrogen and oxygen atoms in total. The van der Waals surface area contributed by atoms with Crippen molar-refractivity contribution < 1.29 is 14.6 Å². The summed E-state index contributed by atoms with van der Waals surface area (Å²) in [5, 5.41) is 15.5. The third kappa shape index (κ3) is 7.56. The van der Waals surface area contributed by atoms with Gasteiger partial charge >= 0.3 is 6.09 Å². The van der Waals surface area contributed by atoms with Crippen molar-refractivity contribution in [2.24, 2.45) is 0 Å². The van der Waals surface area contributed by atoms with E-state index in [9.17, 15) is 9.90 Å². The zero-order valence-corrected chi connectivity index (χ0v) is 13.5. The van der Waals surface area contributed by atoms with Gasteiger partial charge in [-0.3, -0.25) is 0 Å². The number of phenolic OH excluding ortho intramolecular Hbond substituents is 1. The molecule has 0 fully saturated rings. The Morgan fingerprint density at radius 1 is 1.24 bits per heavy atom. The summed E-state index contributed by atoms with van der Waals surface area (Å²) in [6.07, 6.45) is -0.424. The second-order valence-corrected chi connectivity index (χ2v) is 6.78. The van der Waals surface area contributed by atoms with Crippen LogP contribution in [0.5, 0.6) is 5.75 Å². The molecule has 0 aromatic heterocycles. The van der Waals surface area contributed by atoms with Crippen molar-refractivity contribution in [2.45, 2.75) is 52.3 Å². The number of hydrogen-bond donors (Lipinski definition) is 3. The van der Waals surface area contributed by atoms with Gasteiger partial charge in [0, 0.05) is 13.1 Å². The lowest BCUT2D eigenvalue weighted by atomic mass is 10.1. The lowest BCUT2D eigenvalue weighted by Crippen LogP contribution is -2.51. The van der Waals surface area contributed by atoms with Crippen molar-refractivity contribution in [2.75, 3.05) is 6.54 Å². The SMILES string of the molecule is CC(C)(CNCc1cccc(O)c1)NC(=O)OC(C)(C)C. The highest BCUT2D eigenvalue weighted by Crippen LogP contribution is 2.11. The largest absolute Gasteiger partial charge is 0.508 e. The molecule has 0 aliphatic heterocycles. The molecule has 0 aliphatic carbocycles. The molecular formula is C16H26N2O3. The third-order valence-corrected chi connectivity index (χ3v) is 2.65. The van der Waals surface area contributed by atoms with E-state index >= 15 is 0 Å². The number of alkyl carbamates (subject to hydrolysis) is 1. The summed E-state index contributed by atoms with van der Waals surface area (Å²) in [5.74, 6) is 0.250. The highest BCUT2D eigenvalue weighted by Gasteiger charge is 2.24. The number of aromatic hydroxyl groups is 1. The van der Waals surface area contributed by atoms with Gasteiger partial charge in [-0.2, -0.15) is 0 Å². The molecule has 0 heterocycles. The van der Waals surface area contributed by atoms with Crippen LogP contribution in [-0.2, 0) is 11.3 Å². The Morgan fingerprint density at radius 3 is 2.48 bits per heavy atom. The van der Waals surface area contributed by atoms with Crippen LogP contribution in [0.4, 0.5) is 4.79 Å². The highest BCUT2D eigenvalue weighted by molar-refractivity contribution is 5.68. The van der Waals surface area contributed by atoms with Gasteiger partial charge in [0.25, 0.3) is 0 Å². The maximum absolute atomic E-state index is 11.8. The Balaban J connectivity index is 2.40. The monoisotopic (exact) mass is 294 g/mol. The number of ether oxygens (including phenoxy) is 1. The molecular weight excluding hydrogens is 268 g/mol. The van der Waals surface area contributed by atoms with Gasteiger partial charge in [-0.05, 0) is 52.3 Å². The molecule has 0 atom stereocenters. The van der Waals surface area contributed by atoms with Crippen molar-refractivity contribution in [3.8, 4) is 5.75 Å². The van der Waals surface area contributed by atoms with E-state index in [1.54, 1.807) is 18.2 Å². The number of hydrogen-bond acceptors (Lipinski definition) is 4. The first kappa shape index (κ1) is 17.3. The maximum atomic E-state index is 11.8. The van der Waals surface area contributed by atoms with Crippen molar-refractivity contribution in [1.82, 2.24) is 10.6 Å². The molecule has 0 saturated heterocycles. The highest BCUT2D eigenvalue weighted by atomic mass is 16.6.